The van der Waals surface area contributed by atoms with Gasteiger partial charge in [-0.25, -0.2) is 8.78 Å². The first-order chi connectivity index (χ1) is 20.9. The number of phenolic OH excluding ortho intramolecular Hbond substituents is 1. The van der Waals surface area contributed by atoms with Crippen molar-refractivity contribution >= 4 is 22.6 Å². The number of hydrogen-bond donors (Lipinski definition) is 1. The van der Waals surface area contributed by atoms with Gasteiger partial charge in [0.05, 0.1) is 16.7 Å². The number of halogens is 5. The third-order valence-electron chi connectivity index (χ3n) is 9.25. The summed E-state index contributed by atoms with van der Waals surface area (Å²) >= 11 is 0. The number of alkyl halides is 3. The predicted molar refractivity (Wildman–Crippen MR) is 153 cm³/mol. The van der Waals surface area contributed by atoms with Crippen LogP contribution in [0.1, 0.15) is 37.7 Å². The quantitative estimate of drug-likeness (QED) is 0.276. The molecular weight excluding hydrogens is 585 g/mol. The number of likely N-dealkylation sites (tertiary alicyclic amines) is 1. The zero-order chi connectivity index (χ0) is 31.4. The molecular formula is C31H32F5N5O3. The normalized spacial score (nSPS) is 19.9. The van der Waals surface area contributed by atoms with Gasteiger partial charge in [-0.1, -0.05) is 12.6 Å². The van der Waals surface area contributed by atoms with Crippen LogP contribution in [-0.4, -0.2) is 82.2 Å². The second-order valence-corrected chi connectivity index (χ2v) is 11.7. The minimum Gasteiger partial charge on any atom is -0.507 e. The van der Waals surface area contributed by atoms with Gasteiger partial charge in [-0.15, -0.1) is 0 Å². The summed E-state index contributed by atoms with van der Waals surface area (Å²) in [7, 11) is 1.61. The van der Waals surface area contributed by atoms with Crippen molar-refractivity contribution in [3.05, 3.63) is 54.1 Å². The molecule has 0 bridgehead atoms. The maximum absolute atomic E-state index is 16.5. The molecule has 1 amide bonds. The Hall–Kier alpha value is -4.00. The number of fused-ring (bicyclic) bond motifs is 2. The topological polar surface area (TPSA) is 82.0 Å². The van der Waals surface area contributed by atoms with Gasteiger partial charge in [0.25, 0.3) is 0 Å². The Morgan fingerprint density at radius 2 is 1.91 bits per heavy atom. The van der Waals surface area contributed by atoms with Crippen molar-refractivity contribution < 1.29 is 36.6 Å². The number of ether oxygens (including phenoxy) is 1. The van der Waals surface area contributed by atoms with E-state index >= 15 is 4.39 Å². The lowest BCUT2D eigenvalue weighted by Crippen LogP contribution is -2.43. The number of aromatic nitrogens is 2. The van der Waals surface area contributed by atoms with E-state index in [2.05, 4.69) is 21.4 Å². The predicted octanol–water partition coefficient (Wildman–Crippen LogP) is 5.53. The molecule has 6 rings (SSSR count). The van der Waals surface area contributed by atoms with Gasteiger partial charge in [0.15, 0.2) is 5.82 Å². The second-order valence-electron chi connectivity index (χ2n) is 11.7. The molecule has 0 unspecified atom stereocenters. The van der Waals surface area contributed by atoms with Crippen LogP contribution in [-0.2, 0) is 11.0 Å². The molecule has 4 heterocycles. The third kappa shape index (κ3) is 5.10. The van der Waals surface area contributed by atoms with Gasteiger partial charge in [-0.05, 0) is 69.5 Å². The van der Waals surface area contributed by atoms with Gasteiger partial charge < -0.3 is 19.6 Å². The maximum Gasteiger partial charge on any atom is 0.417 e. The van der Waals surface area contributed by atoms with Crippen molar-refractivity contribution in [1.29, 1.82) is 0 Å². The molecule has 1 aromatic heterocycles. The largest absolute Gasteiger partial charge is 0.507 e. The van der Waals surface area contributed by atoms with Gasteiger partial charge in [0.2, 0.25) is 5.91 Å². The van der Waals surface area contributed by atoms with Crippen molar-refractivity contribution in [2.45, 2.75) is 49.9 Å². The van der Waals surface area contributed by atoms with Crippen molar-refractivity contribution in [3.8, 4) is 22.9 Å². The molecule has 0 saturated carbocycles. The van der Waals surface area contributed by atoms with Gasteiger partial charge in [-0.3, -0.25) is 9.69 Å². The molecule has 234 valence electrons. The van der Waals surface area contributed by atoms with Crippen molar-refractivity contribution in [3.63, 3.8) is 0 Å². The van der Waals surface area contributed by atoms with Crippen LogP contribution in [0.25, 0.3) is 22.0 Å². The third-order valence-corrected chi connectivity index (χ3v) is 9.25. The Morgan fingerprint density at radius 1 is 1.18 bits per heavy atom. The van der Waals surface area contributed by atoms with Crippen LogP contribution in [0.4, 0.5) is 27.8 Å². The van der Waals surface area contributed by atoms with E-state index in [-0.39, 0.29) is 47.9 Å². The van der Waals surface area contributed by atoms with E-state index in [1.54, 1.807) is 16.8 Å². The maximum atomic E-state index is 16.5. The number of hydrogen-bond acceptors (Lipinski definition) is 7. The molecule has 44 heavy (non-hydrogen) atoms. The lowest BCUT2D eigenvalue weighted by molar-refractivity contribution is -0.137. The molecule has 3 saturated heterocycles. The van der Waals surface area contributed by atoms with Crippen LogP contribution in [0.3, 0.4) is 0 Å². The highest BCUT2D eigenvalue weighted by Gasteiger charge is 2.45. The number of amides is 1. The summed E-state index contributed by atoms with van der Waals surface area (Å²) in [5, 5.41) is 10.1. The standard InChI is InChI=1S/C31H32F5N5O3/c1-3-23(43)40-14-9-18(16-40)39(2)28-19-15-20(31(34,35)36)24(25-21(32)7-4-8-22(25)42)26(33)27(19)37-29(38-28)44-17-30-10-5-12-41(30)13-6-11-30/h3-4,7-8,15,18,42H,1,5-6,9-14,16-17H2,2H3/t18-/m1/s1. The highest BCUT2D eigenvalue weighted by molar-refractivity contribution is 5.96. The Kier molecular flexibility index (Phi) is 7.63. The van der Waals surface area contributed by atoms with Crippen LogP contribution in [0.15, 0.2) is 36.9 Å². The minimum atomic E-state index is -5.13. The first kappa shape index (κ1) is 30.0. The number of anilines is 1. The zero-order valence-corrected chi connectivity index (χ0v) is 24.1. The van der Waals surface area contributed by atoms with Crippen LogP contribution < -0.4 is 9.64 Å². The van der Waals surface area contributed by atoms with Gasteiger partial charge in [0.1, 0.15) is 29.5 Å². The molecule has 1 N–H and O–H groups in total. The molecule has 13 heteroatoms. The fraction of sp³-hybridized carbons (Fsp3) is 0.452. The van der Waals surface area contributed by atoms with E-state index < -0.39 is 45.8 Å². The number of carbonyl (C=O) groups is 1. The highest BCUT2D eigenvalue weighted by Crippen LogP contribution is 2.46. The molecule has 2 aromatic carbocycles. The number of rotatable bonds is 7. The smallest absolute Gasteiger partial charge is 0.417 e. The SMILES string of the molecule is C=CC(=O)N1CC[C@@H](N(C)c2nc(OCC34CCCN3CCC4)nc3c(F)c(-c4c(O)cccc4F)c(C(F)(F)F)cc23)C1. The fourth-order valence-electron chi connectivity index (χ4n) is 6.97. The number of benzene rings is 2. The minimum absolute atomic E-state index is 0.0243. The molecule has 0 radical (unpaired) electrons. The fourth-order valence-corrected chi connectivity index (χ4v) is 6.97. The van der Waals surface area contributed by atoms with Gasteiger partial charge in [-0.2, -0.15) is 23.1 Å². The number of carbonyl (C=O) groups excluding carboxylic acids is 1. The van der Waals surface area contributed by atoms with E-state index in [1.807, 2.05) is 0 Å². The second kappa shape index (κ2) is 11.2. The van der Waals surface area contributed by atoms with Gasteiger partial charge >= 0.3 is 12.2 Å². The van der Waals surface area contributed by atoms with Crippen LogP contribution >= 0.6 is 0 Å². The molecule has 3 aliphatic rings. The summed E-state index contributed by atoms with van der Waals surface area (Å²) in [6.45, 7) is 6.23. The monoisotopic (exact) mass is 617 g/mol. The molecule has 8 nitrogen and oxygen atoms in total. The summed E-state index contributed by atoms with van der Waals surface area (Å²) in [6.07, 6.45) is 0.354. The average molecular weight is 618 g/mol. The first-order valence-electron chi connectivity index (χ1n) is 14.5. The Balaban J connectivity index is 1.52. The van der Waals surface area contributed by atoms with Crippen LogP contribution in [0.5, 0.6) is 11.8 Å². The van der Waals surface area contributed by atoms with E-state index in [4.69, 9.17) is 4.74 Å². The number of nitrogens with zero attached hydrogens (tertiary/aromatic N) is 5. The molecule has 3 fully saturated rings. The van der Waals surface area contributed by atoms with Crippen molar-refractivity contribution in [1.82, 2.24) is 19.8 Å². The van der Waals surface area contributed by atoms with Crippen LogP contribution in [0.2, 0.25) is 0 Å². The number of likely N-dealkylation sites (N-methyl/N-ethyl adjacent to an activating group) is 1. The lowest BCUT2D eigenvalue weighted by atomic mass is 9.94. The number of aromatic hydroxyl groups is 1. The molecule has 0 spiro atoms. The summed E-state index contributed by atoms with van der Waals surface area (Å²) in [5.41, 5.74) is -4.29. The Labute approximate surface area is 250 Å². The average Bonchev–Trinajstić information content (AvgIpc) is 3.72. The summed E-state index contributed by atoms with van der Waals surface area (Å²) in [6, 6.07) is 3.03. The molecule has 0 aliphatic carbocycles. The van der Waals surface area contributed by atoms with Crippen LogP contribution in [0, 0.1) is 11.6 Å². The summed E-state index contributed by atoms with van der Waals surface area (Å²) in [5.74, 6) is -3.85. The lowest BCUT2D eigenvalue weighted by Gasteiger charge is -2.32. The Morgan fingerprint density at radius 3 is 2.57 bits per heavy atom. The summed E-state index contributed by atoms with van der Waals surface area (Å²) in [4.78, 5) is 26.5. The first-order valence-corrected chi connectivity index (χ1v) is 14.5. The molecule has 1 atom stereocenters. The zero-order valence-electron chi connectivity index (χ0n) is 24.1. The molecule has 3 aromatic rings. The highest BCUT2D eigenvalue weighted by atomic mass is 19.4. The van der Waals surface area contributed by atoms with E-state index in [0.717, 1.165) is 57.0 Å². The molecule has 3 aliphatic heterocycles. The van der Waals surface area contributed by atoms with Crippen molar-refractivity contribution in [2.24, 2.45) is 0 Å². The van der Waals surface area contributed by atoms with E-state index in [0.29, 0.717) is 19.0 Å². The van der Waals surface area contributed by atoms with Gasteiger partial charge in [0, 0.05) is 37.1 Å². The number of phenols is 1. The van der Waals surface area contributed by atoms with E-state index in [9.17, 15) is 27.5 Å². The summed E-state index contributed by atoms with van der Waals surface area (Å²) < 4.78 is 81.0. The van der Waals surface area contributed by atoms with E-state index in [1.165, 1.54) is 6.08 Å². The van der Waals surface area contributed by atoms with Crippen molar-refractivity contribution in [2.75, 3.05) is 44.7 Å². The Bertz CT molecular complexity index is 1600.